The topological polar surface area (TPSA) is 6.48 Å². The van der Waals surface area contributed by atoms with E-state index >= 15 is 0 Å². The molecular weight excluding hydrogens is 1070 g/mol. The maximum absolute atomic E-state index is 4.09. The Kier molecular flexibility index (Phi) is 13.8. The molecule has 0 radical (unpaired) electrons. The van der Waals surface area contributed by atoms with Crippen molar-refractivity contribution < 1.29 is 0 Å². The fraction of sp³-hybridized carbons (Fsp3) is 0.425. The zero-order chi connectivity index (χ0) is 60.9. The summed E-state index contributed by atoms with van der Waals surface area (Å²) < 4.78 is 0. The van der Waals surface area contributed by atoms with Crippen molar-refractivity contribution in [2.75, 3.05) is 4.90 Å². The van der Waals surface area contributed by atoms with E-state index in [1.54, 1.807) is 33.4 Å². The van der Waals surface area contributed by atoms with Gasteiger partial charge in [0.25, 0.3) is 0 Å². The molecule has 2 saturated carbocycles. The average molecular weight is 1170 g/mol. The van der Waals surface area contributed by atoms with Gasteiger partial charge in [-0.1, -0.05) is 237 Å². The second-order valence-electron chi connectivity index (χ2n) is 31.4. The summed E-state index contributed by atoms with van der Waals surface area (Å²) in [5.41, 5.74) is 29.1. The molecule has 0 spiro atoms. The smallest absolute Gasteiger partial charge is 0.0416 e. The van der Waals surface area contributed by atoms with E-state index < -0.39 is 0 Å². The normalized spacial score (nSPS) is 32.6. The van der Waals surface area contributed by atoms with Gasteiger partial charge in [0.2, 0.25) is 0 Å². The molecule has 13 aliphatic carbocycles. The maximum atomic E-state index is 4.09. The van der Waals surface area contributed by atoms with Gasteiger partial charge in [-0.05, 0) is 227 Å². The molecule has 0 N–H and O–H groups in total. The third-order valence-corrected chi connectivity index (χ3v) is 25.5. The number of allylic oxidation sites excluding steroid dienone is 24. The molecule has 0 heterocycles. The second kappa shape index (κ2) is 21.4. The van der Waals surface area contributed by atoms with Gasteiger partial charge in [0.1, 0.15) is 0 Å². The van der Waals surface area contributed by atoms with Gasteiger partial charge in [-0.2, -0.15) is 0 Å². The molecule has 13 aliphatic rings. The molecule has 0 amide bonds. The summed E-state index contributed by atoms with van der Waals surface area (Å²) in [6.07, 6.45) is 63.1. The molecule has 0 aromatic heterocycles. The zero-order valence-electron chi connectivity index (χ0n) is 55.0. The van der Waals surface area contributed by atoms with Gasteiger partial charge in [0.15, 0.2) is 0 Å². The average Bonchev–Trinajstić information content (AvgIpc) is 1.56. The van der Waals surface area contributed by atoms with Gasteiger partial charge in [0.05, 0.1) is 0 Å². The van der Waals surface area contributed by atoms with E-state index in [0.29, 0.717) is 65.6 Å². The Labute approximate surface area is 534 Å². The van der Waals surface area contributed by atoms with Crippen LogP contribution in [-0.2, 0) is 10.8 Å². The molecule has 3 aromatic carbocycles. The molecule has 454 valence electrons. The summed E-state index contributed by atoms with van der Waals surface area (Å²) >= 11 is 0. The van der Waals surface area contributed by atoms with Crippen LogP contribution in [0.1, 0.15) is 174 Å². The predicted molar refractivity (Wildman–Crippen MR) is 374 cm³/mol. The number of fused-ring (bicyclic) bond motifs is 12. The van der Waals surface area contributed by atoms with Gasteiger partial charge in [-0.3, -0.25) is 4.90 Å². The number of hydrogen-bond donors (Lipinski definition) is 0. The van der Waals surface area contributed by atoms with E-state index in [9.17, 15) is 0 Å². The summed E-state index contributed by atoms with van der Waals surface area (Å²) in [4.78, 5) is 6.05. The molecule has 2 heteroatoms. The van der Waals surface area contributed by atoms with Gasteiger partial charge >= 0.3 is 0 Å². The SMILES string of the molecule is C=C/C=C\C1=C(C)C2=CCC(N(C3C=C4C(=CC3)C3C=CC=CC3C4(C)C)C3CC=C4C(C5CC=CCC5)=C5CC(N(C6=CCC7C(=C6)C(C)(C)c6ccccc67)c6ccc7c(c6)C(C)(C)c6ccccc6-7)CCC5C(C5=CCCC=C5)C4C3)C=C2C1(C)C. The van der Waals surface area contributed by atoms with Gasteiger partial charge in [-0.25, -0.2) is 0 Å². The quantitative estimate of drug-likeness (QED) is 0.147. The lowest BCUT2D eigenvalue weighted by atomic mass is 9.54. The van der Waals surface area contributed by atoms with E-state index in [1.807, 2.05) is 11.6 Å². The van der Waals surface area contributed by atoms with Crippen molar-refractivity contribution >= 4 is 5.69 Å². The standard InChI is InChI=1S/C87H96N2/c1-11-12-32-74-54(2)63-42-36-59(50-78(63)84(74,3)4)88(60-37-43-67-64-29-19-22-33-75(64)85(5,6)79(67)51-60)57-40-46-70-72(48-57)82(55-25-15-13-16-26-55)71-47-41-58(49-73(71)83(70)56-27-17-14-18-28-56)89(61-38-44-68-65-30-20-23-34-76(65)86(7,8)80(68)52-61)62-39-45-69-66-31-21-24-35-77(66)87(9,10)81(69)53-62/h11-12,14-15,17,19-26,29-35,38-39,42-44,46,50-53,56-60,64,69,71-72,75,82H,1,13,16,18,27-28,36-37,40-41,45,47-49H2,2-10H3/b32-12-. The first-order valence-corrected chi connectivity index (χ1v) is 35.0. The first kappa shape index (κ1) is 57.4. The van der Waals surface area contributed by atoms with Crippen molar-refractivity contribution in [2.45, 2.75) is 187 Å². The van der Waals surface area contributed by atoms with E-state index in [1.165, 1.54) is 99.2 Å². The van der Waals surface area contributed by atoms with E-state index in [0.717, 1.165) is 51.4 Å². The minimum absolute atomic E-state index is 0.0266. The van der Waals surface area contributed by atoms with E-state index in [2.05, 4.69) is 255 Å². The molecule has 2 nitrogen and oxygen atoms in total. The number of rotatable bonds is 10. The number of anilines is 1. The van der Waals surface area contributed by atoms with Gasteiger partial charge in [-0.15, -0.1) is 0 Å². The lowest BCUT2D eigenvalue weighted by Crippen LogP contribution is -2.52. The van der Waals surface area contributed by atoms with Crippen LogP contribution in [0.25, 0.3) is 11.1 Å². The summed E-state index contributed by atoms with van der Waals surface area (Å²) in [6, 6.07) is 27.6. The molecule has 0 saturated heterocycles. The summed E-state index contributed by atoms with van der Waals surface area (Å²) in [5, 5.41) is 0. The third kappa shape index (κ3) is 8.84. The van der Waals surface area contributed by atoms with Crippen LogP contribution in [-0.4, -0.2) is 29.1 Å². The molecule has 3 aromatic rings. The van der Waals surface area contributed by atoms with Crippen LogP contribution in [0.5, 0.6) is 0 Å². The molecule has 11 unspecified atom stereocenters. The second-order valence-corrected chi connectivity index (χ2v) is 31.4. The number of hydrogen-bond acceptors (Lipinski definition) is 2. The third-order valence-electron chi connectivity index (χ3n) is 25.5. The van der Waals surface area contributed by atoms with Gasteiger partial charge < -0.3 is 4.90 Å². The predicted octanol–water partition coefficient (Wildman–Crippen LogP) is 21.6. The van der Waals surface area contributed by atoms with Crippen molar-refractivity contribution in [1.82, 2.24) is 4.90 Å². The molecule has 89 heavy (non-hydrogen) atoms. The monoisotopic (exact) mass is 1170 g/mol. The molecule has 2 fully saturated rings. The Hall–Kier alpha value is -6.74. The van der Waals surface area contributed by atoms with Crippen molar-refractivity contribution in [3.63, 3.8) is 0 Å². The Balaban J connectivity index is 0.825. The van der Waals surface area contributed by atoms with Crippen LogP contribution in [0.4, 0.5) is 5.69 Å². The highest BCUT2D eigenvalue weighted by Gasteiger charge is 2.53. The van der Waals surface area contributed by atoms with Crippen LogP contribution >= 0.6 is 0 Å². The number of nitrogens with zero attached hydrogens (tertiary/aromatic N) is 2. The summed E-state index contributed by atoms with van der Waals surface area (Å²) in [7, 11) is 0. The molecule has 0 bridgehead atoms. The first-order chi connectivity index (χ1) is 43.0. The van der Waals surface area contributed by atoms with Crippen molar-refractivity contribution in [3.8, 4) is 11.1 Å². The van der Waals surface area contributed by atoms with Crippen molar-refractivity contribution in [3.05, 3.63) is 278 Å². The number of benzene rings is 3. The summed E-state index contributed by atoms with van der Waals surface area (Å²) in [5.74, 6) is 3.41. The fourth-order valence-corrected chi connectivity index (χ4v) is 21.3. The molecule has 0 aliphatic heterocycles. The highest BCUT2D eigenvalue weighted by Crippen LogP contribution is 2.62. The Morgan fingerprint density at radius 2 is 1.40 bits per heavy atom. The van der Waals surface area contributed by atoms with Crippen LogP contribution in [0, 0.1) is 46.3 Å². The van der Waals surface area contributed by atoms with Crippen molar-refractivity contribution in [1.29, 1.82) is 0 Å². The lowest BCUT2D eigenvalue weighted by Gasteiger charge is -2.54. The Morgan fingerprint density at radius 3 is 2.21 bits per heavy atom. The Bertz CT molecular complexity index is 4000. The molecular formula is C87H96N2. The largest absolute Gasteiger partial charge is 0.338 e. The maximum Gasteiger partial charge on any atom is 0.0416 e. The fourth-order valence-electron chi connectivity index (χ4n) is 21.3. The van der Waals surface area contributed by atoms with E-state index in [4.69, 9.17) is 0 Å². The van der Waals surface area contributed by atoms with Crippen LogP contribution in [0.3, 0.4) is 0 Å². The minimum atomic E-state index is -0.0830. The van der Waals surface area contributed by atoms with Crippen LogP contribution in [0.2, 0.25) is 0 Å². The highest BCUT2D eigenvalue weighted by atomic mass is 15.2. The van der Waals surface area contributed by atoms with E-state index in [-0.39, 0.29) is 21.7 Å². The first-order valence-electron chi connectivity index (χ1n) is 35.0. The minimum Gasteiger partial charge on any atom is -0.338 e. The highest BCUT2D eigenvalue weighted by molar-refractivity contribution is 5.83. The Morgan fingerprint density at radius 1 is 0.629 bits per heavy atom. The molecule has 11 atom stereocenters. The lowest BCUT2D eigenvalue weighted by molar-refractivity contribution is 0.0885. The zero-order valence-corrected chi connectivity index (χ0v) is 55.0. The van der Waals surface area contributed by atoms with Gasteiger partial charge in [0, 0.05) is 63.6 Å². The molecule has 16 rings (SSSR count). The van der Waals surface area contributed by atoms with Crippen LogP contribution in [0.15, 0.2) is 256 Å². The van der Waals surface area contributed by atoms with Crippen molar-refractivity contribution in [2.24, 2.45) is 46.3 Å². The summed E-state index contributed by atoms with van der Waals surface area (Å²) in [6.45, 7) is 26.4. The van der Waals surface area contributed by atoms with Crippen LogP contribution < -0.4 is 4.90 Å².